The highest BCUT2D eigenvalue weighted by Crippen LogP contribution is 2.37. The Morgan fingerprint density at radius 1 is 1.06 bits per heavy atom. The Hall–Kier alpha value is -3.78. The number of aromatic hydroxyl groups is 1. The quantitative estimate of drug-likeness (QED) is 0.302. The number of ether oxygens (including phenoxy) is 1. The molecule has 5 rings (SSSR count). The highest BCUT2D eigenvalue weighted by Gasteiger charge is 2.22. The lowest BCUT2D eigenvalue weighted by molar-refractivity contribution is 0.415. The molecule has 0 saturated heterocycles. The summed E-state index contributed by atoms with van der Waals surface area (Å²) < 4.78 is 12.0. The van der Waals surface area contributed by atoms with Crippen LogP contribution in [-0.4, -0.2) is 27.2 Å². The first kappa shape index (κ1) is 20.1. The molecule has 0 aliphatic heterocycles. The van der Waals surface area contributed by atoms with Gasteiger partial charge < -0.3 is 24.2 Å². The molecule has 0 atom stereocenters. The van der Waals surface area contributed by atoms with Crippen molar-refractivity contribution < 1.29 is 14.3 Å². The lowest BCUT2D eigenvalue weighted by atomic mass is 10.1. The predicted molar refractivity (Wildman–Crippen MR) is 126 cm³/mol. The van der Waals surface area contributed by atoms with E-state index in [1.165, 1.54) is 6.07 Å². The summed E-state index contributed by atoms with van der Waals surface area (Å²) in [5.74, 6) is 1.20. The van der Waals surface area contributed by atoms with Gasteiger partial charge in [0.25, 0.3) is 0 Å². The van der Waals surface area contributed by atoms with Crippen LogP contribution in [0.4, 0.5) is 0 Å². The molecule has 2 aromatic carbocycles. The van der Waals surface area contributed by atoms with Crippen molar-refractivity contribution in [3.63, 3.8) is 0 Å². The number of aromatic nitrogens is 3. The molecule has 3 heterocycles. The van der Waals surface area contributed by atoms with Gasteiger partial charge in [-0.3, -0.25) is 4.79 Å². The first-order chi connectivity index (χ1) is 15.4. The van der Waals surface area contributed by atoms with Gasteiger partial charge in [-0.15, -0.1) is 0 Å². The first-order valence-electron chi connectivity index (χ1n) is 9.80. The molecular weight excluding hydrogens is 474 g/mol. The SMILES string of the molecule is COc1ccc(-c2nc(-c3cc4cc(Br)ccc4[nH]3)[nH]c2-c2oc(C)cc(=O)c2O)cc1. The van der Waals surface area contributed by atoms with Gasteiger partial charge in [-0.05, 0) is 55.5 Å². The number of nitrogens with one attached hydrogen (secondary N) is 2. The summed E-state index contributed by atoms with van der Waals surface area (Å²) in [5.41, 5.74) is 2.90. The Morgan fingerprint density at radius 3 is 2.59 bits per heavy atom. The molecule has 0 unspecified atom stereocenters. The molecule has 8 heteroatoms. The number of hydrogen-bond acceptors (Lipinski definition) is 5. The largest absolute Gasteiger partial charge is 0.501 e. The molecule has 0 aliphatic rings. The van der Waals surface area contributed by atoms with Crippen molar-refractivity contribution in [3.05, 3.63) is 75.1 Å². The number of aromatic amines is 2. The third-order valence-electron chi connectivity index (χ3n) is 5.18. The minimum atomic E-state index is -0.518. The van der Waals surface area contributed by atoms with E-state index in [4.69, 9.17) is 14.1 Å². The summed E-state index contributed by atoms with van der Waals surface area (Å²) >= 11 is 3.49. The monoisotopic (exact) mass is 491 g/mol. The van der Waals surface area contributed by atoms with Crippen LogP contribution in [-0.2, 0) is 0 Å². The van der Waals surface area contributed by atoms with E-state index in [1.54, 1.807) is 14.0 Å². The van der Waals surface area contributed by atoms with E-state index in [-0.39, 0.29) is 5.76 Å². The molecule has 0 radical (unpaired) electrons. The van der Waals surface area contributed by atoms with Crippen molar-refractivity contribution >= 4 is 26.8 Å². The first-order valence-corrected chi connectivity index (χ1v) is 10.6. The minimum absolute atomic E-state index is 0.0402. The number of rotatable bonds is 4. The van der Waals surface area contributed by atoms with Crippen LogP contribution in [0.2, 0.25) is 0 Å². The van der Waals surface area contributed by atoms with Gasteiger partial charge in [-0.1, -0.05) is 15.9 Å². The van der Waals surface area contributed by atoms with Gasteiger partial charge in [0.1, 0.15) is 22.9 Å². The smallest absolute Gasteiger partial charge is 0.227 e. The second kappa shape index (κ2) is 7.72. The van der Waals surface area contributed by atoms with Crippen LogP contribution in [0, 0.1) is 6.92 Å². The van der Waals surface area contributed by atoms with Crippen LogP contribution in [0.15, 0.2) is 68.3 Å². The average molecular weight is 492 g/mol. The second-order valence-electron chi connectivity index (χ2n) is 7.35. The fourth-order valence-electron chi connectivity index (χ4n) is 3.63. The number of aryl methyl sites for hydroxylation is 1. The van der Waals surface area contributed by atoms with Crippen LogP contribution in [0.25, 0.3) is 45.1 Å². The molecule has 0 saturated carbocycles. The zero-order valence-electron chi connectivity index (χ0n) is 17.2. The molecule has 0 aliphatic carbocycles. The zero-order valence-corrected chi connectivity index (χ0v) is 18.8. The summed E-state index contributed by atoms with van der Waals surface area (Å²) in [7, 11) is 1.60. The molecule has 5 aromatic rings. The molecular formula is C24H18BrN3O4. The Kier molecular flexibility index (Phi) is 4.86. The Bertz CT molecular complexity index is 1510. The Labute approximate surface area is 190 Å². The van der Waals surface area contributed by atoms with Crippen LogP contribution < -0.4 is 10.2 Å². The number of hydrogen-bond donors (Lipinski definition) is 3. The summed E-state index contributed by atoms with van der Waals surface area (Å²) in [6.07, 6.45) is 0. The van der Waals surface area contributed by atoms with Crippen molar-refractivity contribution in [1.82, 2.24) is 15.0 Å². The van der Waals surface area contributed by atoms with E-state index < -0.39 is 11.2 Å². The maximum atomic E-state index is 12.2. The molecule has 3 N–H and O–H groups in total. The molecule has 32 heavy (non-hydrogen) atoms. The van der Waals surface area contributed by atoms with E-state index in [9.17, 15) is 9.90 Å². The third kappa shape index (κ3) is 3.48. The number of nitrogens with zero attached hydrogens (tertiary/aromatic N) is 1. The lowest BCUT2D eigenvalue weighted by Gasteiger charge is -2.06. The molecule has 0 bridgehead atoms. The summed E-state index contributed by atoms with van der Waals surface area (Å²) in [4.78, 5) is 23.6. The fourth-order valence-corrected chi connectivity index (χ4v) is 4.01. The van der Waals surface area contributed by atoms with Gasteiger partial charge in [-0.2, -0.15) is 0 Å². The predicted octanol–water partition coefficient (Wildman–Crippen LogP) is 5.63. The van der Waals surface area contributed by atoms with Gasteiger partial charge in [0.15, 0.2) is 11.6 Å². The standard InChI is InChI=1S/C24H18BrN3O4/c1-12-9-19(29)22(30)23(32-12)21-20(13-3-6-16(31-2)7-4-13)27-24(28-21)18-11-14-10-15(25)5-8-17(14)26-18/h3-11,26,30H,1-2H3,(H,27,28). The number of methoxy groups -OCH3 is 1. The zero-order chi connectivity index (χ0) is 22.4. The van der Waals surface area contributed by atoms with E-state index in [0.29, 0.717) is 28.7 Å². The van der Waals surface area contributed by atoms with E-state index >= 15 is 0 Å². The second-order valence-corrected chi connectivity index (χ2v) is 8.27. The summed E-state index contributed by atoms with van der Waals surface area (Å²) in [6, 6.07) is 16.5. The van der Waals surface area contributed by atoms with Gasteiger partial charge in [-0.25, -0.2) is 4.98 Å². The van der Waals surface area contributed by atoms with Crippen molar-refractivity contribution in [1.29, 1.82) is 0 Å². The lowest BCUT2D eigenvalue weighted by Crippen LogP contribution is -2.01. The topological polar surface area (TPSA) is 104 Å². The summed E-state index contributed by atoms with van der Waals surface area (Å²) in [5, 5.41) is 11.5. The van der Waals surface area contributed by atoms with E-state index in [0.717, 1.165) is 26.6 Å². The van der Waals surface area contributed by atoms with Gasteiger partial charge in [0.05, 0.1) is 12.8 Å². The van der Waals surface area contributed by atoms with Crippen LogP contribution in [0.1, 0.15) is 5.76 Å². The van der Waals surface area contributed by atoms with E-state index in [2.05, 4.69) is 25.9 Å². The third-order valence-corrected chi connectivity index (χ3v) is 5.67. The molecule has 0 amide bonds. The molecule has 160 valence electrons. The van der Waals surface area contributed by atoms with Crippen molar-refractivity contribution in [2.45, 2.75) is 6.92 Å². The number of benzene rings is 2. The average Bonchev–Trinajstić information content (AvgIpc) is 3.40. The number of imidazole rings is 1. The van der Waals surface area contributed by atoms with Crippen molar-refractivity contribution in [2.24, 2.45) is 0 Å². The number of fused-ring (bicyclic) bond motifs is 1. The Morgan fingerprint density at radius 2 is 1.84 bits per heavy atom. The summed E-state index contributed by atoms with van der Waals surface area (Å²) in [6.45, 7) is 1.66. The number of halogens is 1. The van der Waals surface area contributed by atoms with E-state index in [1.807, 2.05) is 48.5 Å². The van der Waals surface area contributed by atoms with Gasteiger partial charge in [0, 0.05) is 27.0 Å². The van der Waals surface area contributed by atoms with Crippen molar-refractivity contribution in [2.75, 3.05) is 7.11 Å². The van der Waals surface area contributed by atoms with Crippen molar-refractivity contribution in [3.8, 4) is 45.7 Å². The maximum Gasteiger partial charge on any atom is 0.227 e. The van der Waals surface area contributed by atoms with Crippen LogP contribution in [0.5, 0.6) is 11.5 Å². The fraction of sp³-hybridized carbons (Fsp3) is 0.0833. The highest BCUT2D eigenvalue weighted by molar-refractivity contribution is 9.10. The van der Waals surface area contributed by atoms with Gasteiger partial charge in [0.2, 0.25) is 11.2 Å². The molecule has 3 aromatic heterocycles. The molecule has 0 spiro atoms. The highest BCUT2D eigenvalue weighted by atomic mass is 79.9. The normalized spacial score (nSPS) is 11.2. The van der Waals surface area contributed by atoms with Crippen LogP contribution in [0.3, 0.4) is 0 Å². The maximum absolute atomic E-state index is 12.2. The Balaban J connectivity index is 1.74. The van der Waals surface area contributed by atoms with Crippen LogP contribution >= 0.6 is 15.9 Å². The minimum Gasteiger partial charge on any atom is -0.501 e. The van der Waals surface area contributed by atoms with Gasteiger partial charge >= 0.3 is 0 Å². The number of H-pyrrole nitrogens is 2. The molecule has 0 fully saturated rings. The molecule has 7 nitrogen and oxygen atoms in total.